The Morgan fingerprint density at radius 2 is 2.25 bits per heavy atom. The van der Waals surface area contributed by atoms with Crippen LogP contribution < -0.4 is 0 Å². The van der Waals surface area contributed by atoms with Gasteiger partial charge < -0.3 is 4.98 Å². The molecule has 0 radical (unpaired) electrons. The Morgan fingerprint density at radius 3 is 3.00 bits per heavy atom. The van der Waals surface area contributed by atoms with E-state index in [1.807, 2.05) is 6.20 Å². The van der Waals surface area contributed by atoms with Crippen molar-refractivity contribution in [2.24, 2.45) is 0 Å². The lowest BCUT2D eigenvalue weighted by atomic mass is 9.97. The Bertz CT molecular complexity index is 558. The molecule has 0 amide bonds. The number of Topliss-reactive ketones (excluding diaryl/α,β-unsaturated/α-hetero) is 1. The highest BCUT2D eigenvalue weighted by Crippen LogP contribution is 2.36. The number of rotatable bonds is 1. The molecule has 2 aromatic rings. The Kier molecular flexibility index (Phi) is 2.06. The van der Waals surface area contributed by atoms with Gasteiger partial charge in [0.25, 0.3) is 0 Å². The highest BCUT2D eigenvalue weighted by molar-refractivity contribution is 5.87. The first-order valence-electron chi connectivity index (χ1n) is 5.52. The van der Waals surface area contributed by atoms with Crippen molar-refractivity contribution in [3.8, 4) is 0 Å². The Morgan fingerprint density at radius 1 is 1.38 bits per heavy atom. The maximum absolute atomic E-state index is 13.0. The maximum atomic E-state index is 13.0. The van der Waals surface area contributed by atoms with Gasteiger partial charge >= 0.3 is 0 Å². The molecule has 1 aliphatic carbocycles. The second-order valence-electron chi connectivity index (χ2n) is 4.41. The number of ketones is 1. The Labute approximate surface area is 92.5 Å². The van der Waals surface area contributed by atoms with E-state index in [0.717, 1.165) is 22.9 Å². The van der Waals surface area contributed by atoms with Crippen LogP contribution in [0.3, 0.4) is 0 Å². The van der Waals surface area contributed by atoms with Crippen molar-refractivity contribution in [3.05, 3.63) is 35.8 Å². The predicted molar refractivity (Wildman–Crippen MR) is 59.9 cm³/mol. The molecule has 2 nitrogen and oxygen atoms in total. The first kappa shape index (κ1) is 9.58. The molecule has 0 bridgehead atoms. The number of aromatic nitrogens is 1. The van der Waals surface area contributed by atoms with Crippen molar-refractivity contribution in [3.63, 3.8) is 0 Å². The van der Waals surface area contributed by atoms with Crippen molar-refractivity contribution in [2.75, 3.05) is 0 Å². The van der Waals surface area contributed by atoms with Crippen LogP contribution in [0.2, 0.25) is 0 Å². The van der Waals surface area contributed by atoms with Crippen LogP contribution in [0.4, 0.5) is 4.39 Å². The van der Waals surface area contributed by atoms with Crippen LogP contribution in [0.15, 0.2) is 24.4 Å². The van der Waals surface area contributed by atoms with E-state index in [1.165, 1.54) is 12.1 Å². The van der Waals surface area contributed by atoms with Crippen LogP contribution in [-0.2, 0) is 4.79 Å². The maximum Gasteiger partial charge on any atom is 0.133 e. The molecular formula is C13H12FNO. The zero-order valence-corrected chi connectivity index (χ0v) is 8.79. The quantitative estimate of drug-likeness (QED) is 0.782. The third-order valence-corrected chi connectivity index (χ3v) is 3.36. The minimum Gasteiger partial charge on any atom is -0.361 e. The van der Waals surface area contributed by atoms with Crippen LogP contribution in [0.1, 0.15) is 30.7 Å². The van der Waals surface area contributed by atoms with Crippen LogP contribution >= 0.6 is 0 Å². The van der Waals surface area contributed by atoms with E-state index in [2.05, 4.69) is 4.98 Å². The lowest BCUT2D eigenvalue weighted by molar-refractivity contribution is -0.117. The average Bonchev–Trinajstić information content (AvgIpc) is 2.83. The highest BCUT2D eigenvalue weighted by atomic mass is 19.1. The number of aromatic amines is 1. The molecular weight excluding hydrogens is 205 g/mol. The lowest BCUT2D eigenvalue weighted by Crippen LogP contribution is -1.92. The summed E-state index contributed by atoms with van der Waals surface area (Å²) in [6.07, 6.45) is 4.14. The smallest absolute Gasteiger partial charge is 0.133 e. The largest absolute Gasteiger partial charge is 0.361 e. The fourth-order valence-corrected chi connectivity index (χ4v) is 2.54. The second-order valence-corrected chi connectivity index (χ2v) is 4.41. The number of nitrogens with one attached hydrogen (secondary N) is 1. The van der Waals surface area contributed by atoms with Gasteiger partial charge in [-0.05, 0) is 36.1 Å². The summed E-state index contributed by atoms with van der Waals surface area (Å²) in [4.78, 5) is 14.3. The first-order chi connectivity index (χ1) is 7.74. The molecule has 1 aliphatic rings. The van der Waals surface area contributed by atoms with Gasteiger partial charge in [-0.15, -0.1) is 0 Å². The molecule has 0 aliphatic heterocycles. The van der Waals surface area contributed by atoms with Crippen LogP contribution in [0.25, 0.3) is 10.9 Å². The summed E-state index contributed by atoms with van der Waals surface area (Å²) in [6.45, 7) is 0. The highest BCUT2D eigenvalue weighted by Gasteiger charge is 2.25. The van der Waals surface area contributed by atoms with Gasteiger partial charge in [-0.3, -0.25) is 4.79 Å². The fourth-order valence-electron chi connectivity index (χ4n) is 2.54. The second kappa shape index (κ2) is 3.44. The van der Waals surface area contributed by atoms with E-state index >= 15 is 0 Å². The van der Waals surface area contributed by atoms with Gasteiger partial charge in [-0.25, -0.2) is 4.39 Å². The summed E-state index contributed by atoms with van der Waals surface area (Å²) in [5, 5.41) is 1.04. The van der Waals surface area contributed by atoms with Gasteiger partial charge in [-0.1, -0.05) is 0 Å². The monoisotopic (exact) mass is 217 g/mol. The minimum atomic E-state index is -0.233. The third-order valence-electron chi connectivity index (χ3n) is 3.36. The van der Waals surface area contributed by atoms with Gasteiger partial charge in [0.2, 0.25) is 0 Å². The molecule has 0 unspecified atom stereocenters. The van der Waals surface area contributed by atoms with E-state index in [0.29, 0.717) is 24.5 Å². The SMILES string of the molecule is O=C1CC[C@H](c2c[nH]c3cc(F)ccc23)C1. The summed E-state index contributed by atoms with van der Waals surface area (Å²) in [5.74, 6) is 0.413. The molecule has 1 N–H and O–H groups in total. The molecule has 1 aromatic carbocycles. The summed E-state index contributed by atoms with van der Waals surface area (Å²) >= 11 is 0. The van der Waals surface area contributed by atoms with Crippen molar-refractivity contribution >= 4 is 16.7 Å². The molecule has 1 saturated carbocycles. The topological polar surface area (TPSA) is 32.9 Å². The van der Waals surface area contributed by atoms with Gasteiger partial charge in [0, 0.05) is 29.9 Å². The third kappa shape index (κ3) is 1.43. The summed E-state index contributed by atoms with van der Waals surface area (Å²) in [7, 11) is 0. The number of hydrogen-bond donors (Lipinski definition) is 1. The van der Waals surface area contributed by atoms with E-state index in [1.54, 1.807) is 6.07 Å². The van der Waals surface area contributed by atoms with Gasteiger partial charge in [0.05, 0.1) is 0 Å². The number of halogens is 1. The van der Waals surface area contributed by atoms with Gasteiger partial charge in [0.1, 0.15) is 11.6 Å². The zero-order chi connectivity index (χ0) is 11.1. The number of fused-ring (bicyclic) bond motifs is 1. The fraction of sp³-hybridized carbons (Fsp3) is 0.308. The molecule has 0 spiro atoms. The minimum absolute atomic E-state index is 0.233. The van der Waals surface area contributed by atoms with E-state index in [9.17, 15) is 9.18 Å². The van der Waals surface area contributed by atoms with Crippen molar-refractivity contribution in [2.45, 2.75) is 25.2 Å². The summed E-state index contributed by atoms with van der Waals surface area (Å²) in [6, 6.07) is 4.76. The van der Waals surface area contributed by atoms with Crippen molar-refractivity contribution < 1.29 is 9.18 Å². The van der Waals surface area contributed by atoms with Crippen molar-refractivity contribution in [1.82, 2.24) is 4.98 Å². The standard InChI is InChI=1S/C13H12FNO/c14-9-2-4-11-12(7-15-13(11)6-9)8-1-3-10(16)5-8/h2,4,6-8,15H,1,3,5H2/t8-/m0/s1. The molecule has 16 heavy (non-hydrogen) atoms. The van der Waals surface area contributed by atoms with E-state index < -0.39 is 0 Å². The van der Waals surface area contributed by atoms with Crippen molar-refractivity contribution in [1.29, 1.82) is 0 Å². The number of H-pyrrole nitrogens is 1. The number of benzene rings is 1. The number of carbonyl (C=O) groups is 1. The van der Waals surface area contributed by atoms with Gasteiger partial charge in [-0.2, -0.15) is 0 Å². The molecule has 1 aromatic heterocycles. The normalized spacial score (nSPS) is 20.8. The molecule has 3 rings (SSSR count). The van der Waals surface area contributed by atoms with Crippen LogP contribution in [-0.4, -0.2) is 10.8 Å². The molecule has 1 atom stereocenters. The Hall–Kier alpha value is -1.64. The lowest BCUT2D eigenvalue weighted by Gasteiger charge is -2.05. The zero-order valence-electron chi connectivity index (χ0n) is 8.79. The molecule has 1 heterocycles. The van der Waals surface area contributed by atoms with Gasteiger partial charge in [0.15, 0.2) is 0 Å². The summed E-state index contributed by atoms with van der Waals surface area (Å²) in [5.41, 5.74) is 1.97. The molecule has 3 heteroatoms. The first-order valence-corrected chi connectivity index (χ1v) is 5.52. The van der Waals surface area contributed by atoms with Crippen LogP contribution in [0.5, 0.6) is 0 Å². The molecule has 0 saturated heterocycles. The summed E-state index contributed by atoms with van der Waals surface area (Å²) < 4.78 is 13.0. The van der Waals surface area contributed by atoms with Crippen LogP contribution in [0, 0.1) is 5.82 Å². The molecule has 82 valence electrons. The number of hydrogen-bond acceptors (Lipinski definition) is 1. The number of carbonyl (C=O) groups excluding carboxylic acids is 1. The molecule has 1 fully saturated rings. The Balaban J connectivity index is 2.07. The van der Waals surface area contributed by atoms with E-state index in [-0.39, 0.29) is 5.82 Å². The predicted octanol–water partition coefficient (Wildman–Crippen LogP) is 3.14. The van der Waals surface area contributed by atoms with E-state index in [4.69, 9.17) is 0 Å². The average molecular weight is 217 g/mol.